The van der Waals surface area contributed by atoms with E-state index in [4.69, 9.17) is 0 Å². The molecule has 0 aliphatic carbocycles. The SMILES string of the molecule is CN(C)C(=O)N1CCC(NC(=O)c2ccc(NS(C)(=O)=O)cc2)CC1. The number of nitrogens with one attached hydrogen (secondary N) is 2. The summed E-state index contributed by atoms with van der Waals surface area (Å²) in [5.41, 5.74) is 0.875. The highest BCUT2D eigenvalue weighted by Crippen LogP contribution is 2.14. The summed E-state index contributed by atoms with van der Waals surface area (Å²) in [6.07, 6.45) is 2.49. The first-order valence-electron chi connectivity index (χ1n) is 8.00. The summed E-state index contributed by atoms with van der Waals surface area (Å²) in [5.74, 6) is -0.205. The van der Waals surface area contributed by atoms with E-state index >= 15 is 0 Å². The van der Waals surface area contributed by atoms with E-state index in [1.807, 2.05) is 0 Å². The topological polar surface area (TPSA) is 98.8 Å². The molecule has 8 nitrogen and oxygen atoms in total. The number of rotatable bonds is 4. The Balaban J connectivity index is 1.87. The van der Waals surface area contributed by atoms with Crippen molar-refractivity contribution in [2.24, 2.45) is 0 Å². The van der Waals surface area contributed by atoms with Crippen LogP contribution in [0.4, 0.5) is 10.5 Å². The van der Waals surface area contributed by atoms with Crippen molar-refractivity contribution in [3.05, 3.63) is 29.8 Å². The Labute approximate surface area is 148 Å². The Bertz CT molecular complexity index is 723. The van der Waals surface area contributed by atoms with Gasteiger partial charge in [-0.25, -0.2) is 13.2 Å². The van der Waals surface area contributed by atoms with Crippen molar-refractivity contribution < 1.29 is 18.0 Å². The molecular weight excluding hydrogens is 344 g/mol. The standard InChI is InChI=1S/C16H24N4O4S/c1-19(2)16(22)20-10-8-13(9-11-20)17-15(21)12-4-6-14(7-5-12)18-25(3,23)24/h4-7,13,18H,8-11H2,1-3H3,(H,17,21). The summed E-state index contributed by atoms with van der Waals surface area (Å²) in [5, 5.41) is 2.96. The summed E-state index contributed by atoms with van der Waals surface area (Å²) in [7, 11) is 0.104. The van der Waals surface area contributed by atoms with E-state index in [9.17, 15) is 18.0 Å². The van der Waals surface area contributed by atoms with E-state index < -0.39 is 10.0 Å². The number of carbonyl (C=O) groups excluding carboxylic acids is 2. The van der Waals surface area contributed by atoms with Crippen molar-refractivity contribution in [3.63, 3.8) is 0 Å². The molecule has 9 heteroatoms. The van der Waals surface area contributed by atoms with Crippen LogP contribution in [0, 0.1) is 0 Å². The molecule has 138 valence electrons. The average Bonchev–Trinajstić information content (AvgIpc) is 2.54. The third kappa shape index (κ3) is 5.63. The second-order valence-corrected chi connectivity index (χ2v) is 8.11. The van der Waals surface area contributed by atoms with Crippen LogP contribution in [0.2, 0.25) is 0 Å². The van der Waals surface area contributed by atoms with Crippen molar-refractivity contribution in [2.45, 2.75) is 18.9 Å². The first-order valence-corrected chi connectivity index (χ1v) is 9.90. The molecule has 0 bridgehead atoms. The molecular formula is C16H24N4O4S. The zero-order chi connectivity index (χ0) is 18.6. The number of urea groups is 1. The van der Waals surface area contributed by atoms with Crippen molar-refractivity contribution >= 4 is 27.6 Å². The Morgan fingerprint density at radius 2 is 1.68 bits per heavy atom. The predicted molar refractivity (Wildman–Crippen MR) is 96.1 cm³/mol. The molecule has 1 fully saturated rings. The Morgan fingerprint density at radius 3 is 2.16 bits per heavy atom. The van der Waals surface area contributed by atoms with Gasteiger partial charge in [0.2, 0.25) is 10.0 Å². The Hall–Kier alpha value is -2.29. The summed E-state index contributed by atoms with van der Waals surface area (Å²) in [6, 6.07) is 6.26. The first kappa shape index (κ1) is 19.0. The van der Waals surface area contributed by atoms with Crippen molar-refractivity contribution in [2.75, 3.05) is 38.2 Å². The minimum atomic E-state index is -3.34. The number of amides is 3. The fourth-order valence-corrected chi connectivity index (χ4v) is 3.23. The zero-order valence-electron chi connectivity index (χ0n) is 14.7. The minimum absolute atomic E-state index is 0.0151. The van der Waals surface area contributed by atoms with Crippen molar-refractivity contribution in [1.29, 1.82) is 0 Å². The molecule has 2 rings (SSSR count). The smallest absolute Gasteiger partial charge is 0.319 e. The van der Waals surface area contributed by atoms with Crippen LogP contribution in [0.3, 0.4) is 0 Å². The largest absolute Gasteiger partial charge is 0.349 e. The van der Waals surface area contributed by atoms with Gasteiger partial charge in [0.1, 0.15) is 0 Å². The highest BCUT2D eigenvalue weighted by atomic mass is 32.2. The van der Waals surface area contributed by atoms with Crippen molar-refractivity contribution in [3.8, 4) is 0 Å². The van der Waals surface area contributed by atoms with Crippen LogP contribution in [-0.4, -0.2) is 69.6 Å². The molecule has 1 aliphatic rings. The van der Waals surface area contributed by atoms with Gasteiger partial charge in [-0.05, 0) is 37.1 Å². The monoisotopic (exact) mass is 368 g/mol. The molecule has 0 spiro atoms. The summed E-state index contributed by atoms with van der Waals surface area (Å²) in [4.78, 5) is 27.5. The molecule has 1 aromatic carbocycles. The highest BCUT2D eigenvalue weighted by molar-refractivity contribution is 7.92. The average molecular weight is 368 g/mol. The number of anilines is 1. The fourth-order valence-electron chi connectivity index (χ4n) is 2.67. The van der Waals surface area contributed by atoms with Crippen LogP contribution < -0.4 is 10.0 Å². The van der Waals surface area contributed by atoms with E-state index in [2.05, 4.69) is 10.0 Å². The van der Waals surface area contributed by atoms with Gasteiger partial charge in [-0.2, -0.15) is 0 Å². The predicted octanol–water partition coefficient (Wildman–Crippen LogP) is 0.934. The lowest BCUT2D eigenvalue weighted by atomic mass is 10.0. The van der Waals surface area contributed by atoms with Gasteiger partial charge in [-0.3, -0.25) is 9.52 Å². The lowest BCUT2D eigenvalue weighted by molar-refractivity contribution is 0.0914. The van der Waals surface area contributed by atoms with E-state index in [1.54, 1.807) is 48.2 Å². The second kappa shape index (κ2) is 7.73. The van der Waals surface area contributed by atoms with Crippen LogP contribution in [0.5, 0.6) is 0 Å². The van der Waals surface area contributed by atoms with Crippen LogP contribution in [0.1, 0.15) is 23.2 Å². The van der Waals surface area contributed by atoms with Crippen LogP contribution >= 0.6 is 0 Å². The molecule has 3 amide bonds. The first-order chi connectivity index (χ1) is 11.7. The number of hydrogen-bond donors (Lipinski definition) is 2. The second-order valence-electron chi connectivity index (χ2n) is 6.36. The number of hydrogen-bond acceptors (Lipinski definition) is 4. The van der Waals surface area contributed by atoms with Crippen molar-refractivity contribution in [1.82, 2.24) is 15.1 Å². The van der Waals surface area contributed by atoms with Gasteiger partial charge in [-0.15, -0.1) is 0 Å². The molecule has 1 saturated heterocycles. The third-order valence-electron chi connectivity index (χ3n) is 3.93. The number of carbonyl (C=O) groups is 2. The molecule has 0 aromatic heterocycles. The molecule has 0 saturated carbocycles. The summed E-state index contributed by atoms with van der Waals surface area (Å²) in [6.45, 7) is 1.22. The maximum Gasteiger partial charge on any atom is 0.319 e. The van der Waals surface area contributed by atoms with Gasteiger partial charge < -0.3 is 15.1 Å². The maximum absolute atomic E-state index is 12.3. The fraction of sp³-hybridized carbons (Fsp3) is 0.500. The van der Waals surface area contributed by atoms with Gasteiger partial charge in [0.15, 0.2) is 0 Å². The molecule has 1 aliphatic heterocycles. The van der Waals surface area contributed by atoms with Gasteiger partial charge in [0.25, 0.3) is 5.91 Å². The Morgan fingerprint density at radius 1 is 1.12 bits per heavy atom. The molecule has 0 radical (unpaired) electrons. The van der Waals surface area contributed by atoms with Crippen LogP contribution in [-0.2, 0) is 10.0 Å². The van der Waals surface area contributed by atoms with Gasteiger partial charge in [-0.1, -0.05) is 0 Å². The molecule has 1 heterocycles. The number of sulfonamides is 1. The number of nitrogens with zero attached hydrogens (tertiary/aromatic N) is 2. The lowest BCUT2D eigenvalue weighted by Gasteiger charge is -2.33. The normalized spacial score (nSPS) is 15.6. The van der Waals surface area contributed by atoms with E-state index in [0.29, 0.717) is 37.2 Å². The van der Waals surface area contributed by atoms with E-state index in [-0.39, 0.29) is 18.0 Å². The summed E-state index contributed by atoms with van der Waals surface area (Å²) < 4.78 is 24.7. The highest BCUT2D eigenvalue weighted by Gasteiger charge is 2.24. The van der Waals surface area contributed by atoms with Gasteiger partial charge >= 0.3 is 6.03 Å². The Kier molecular flexibility index (Phi) is 5.89. The number of benzene rings is 1. The molecule has 25 heavy (non-hydrogen) atoms. The lowest BCUT2D eigenvalue weighted by Crippen LogP contribution is -2.49. The molecule has 2 N–H and O–H groups in total. The zero-order valence-corrected chi connectivity index (χ0v) is 15.5. The minimum Gasteiger partial charge on any atom is -0.349 e. The molecule has 0 unspecified atom stereocenters. The van der Waals surface area contributed by atoms with Crippen LogP contribution in [0.25, 0.3) is 0 Å². The van der Waals surface area contributed by atoms with Crippen LogP contribution in [0.15, 0.2) is 24.3 Å². The quantitative estimate of drug-likeness (QED) is 0.826. The van der Waals surface area contributed by atoms with Gasteiger partial charge in [0, 0.05) is 44.5 Å². The third-order valence-corrected chi connectivity index (χ3v) is 4.54. The molecule has 1 aromatic rings. The summed E-state index contributed by atoms with van der Waals surface area (Å²) >= 11 is 0. The number of likely N-dealkylation sites (tertiary alicyclic amines) is 1. The number of piperidine rings is 1. The van der Waals surface area contributed by atoms with Gasteiger partial charge in [0.05, 0.1) is 6.26 Å². The van der Waals surface area contributed by atoms with E-state index in [1.165, 1.54) is 0 Å². The van der Waals surface area contributed by atoms with E-state index in [0.717, 1.165) is 6.26 Å². The maximum atomic E-state index is 12.3. The molecule has 0 atom stereocenters.